The van der Waals surface area contributed by atoms with Gasteiger partial charge in [-0.3, -0.25) is 0 Å². The molecule has 0 atom stereocenters. The maximum atomic E-state index is 2.23. The Kier molecular flexibility index (Phi) is 6.59. The summed E-state index contributed by atoms with van der Waals surface area (Å²) in [5.74, 6) is 2.43. The van der Waals surface area contributed by atoms with Crippen LogP contribution in [0.5, 0.6) is 0 Å². The molecule has 0 nitrogen and oxygen atoms in total. The molecule has 2 aromatic rings. The molecule has 2 rings (SSSR count). The lowest BCUT2D eigenvalue weighted by Crippen LogP contribution is -1.87. The van der Waals surface area contributed by atoms with Crippen LogP contribution in [0.25, 0.3) is 0 Å². The Hall–Kier alpha value is -1.21. The molecule has 0 aromatic heterocycles. The van der Waals surface area contributed by atoms with Gasteiger partial charge < -0.3 is 0 Å². The van der Waals surface area contributed by atoms with Gasteiger partial charge >= 0.3 is 0 Å². The molecule has 1 heteroatoms. The number of hydrogen-bond acceptors (Lipinski definition) is 1. The van der Waals surface area contributed by atoms with Gasteiger partial charge in [0.1, 0.15) is 0 Å². The third-order valence-corrected chi connectivity index (χ3v) is 4.32. The van der Waals surface area contributed by atoms with E-state index in [9.17, 15) is 0 Å². The van der Waals surface area contributed by atoms with Gasteiger partial charge in [0.25, 0.3) is 0 Å². The average Bonchev–Trinajstić information content (AvgIpc) is 2.48. The van der Waals surface area contributed by atoms with Crippen LogP contribution in [0, 0.1) is 0 Å². The molecule has 0 bridgehead atoms. The highest BCUT2D eigenvalue weighted by molar-refractivity contribution is 7.98. The molecule has 0 unspecified atom stereocenters. The van der Waals surface area contributed by atoms with Crippen molar-refractivity contribution in [2.75, 3.05) is 5.75 Å². The lowest BCUT2D eigenvalue weighted by Gasteiger charge is -2.03. The van der Waals surface area contributed by atoms with Crippen molar-refractivity contribution in [3.8, 4) is 0 Å². The molecule has 2 aromatic carbocycles. The summed E-state index contributed by atoms with van der Waals surface area (Å²) in [5.41, 5.74) is 2.91. The van der Waals surface area contributed by atoms with Crippen LogP contribution >= 0.6 is 11.8 Å². The van der Waals surface area contributed by atoms with Crippen LogP contribution in [-0.4, -0.2) is 5.75 Å². The van der Waals surface area contributed by atoms with E-state index in [0.29, 0.717) is 0 Å². The Morgan fingerprint density at radius 1 is 0.632 bits per heavy atom. The van der Waals surface area contributed by atoms with Crippen molar-refractivity contribution in [2.45, 2.75) is 31.4 Å². The summed E-state index contributed by atoms with van der Waals surface area (Å²) < 4.78 is 0. The number of benzene rings is 2. The first-order valence-corrected chi connectivity index (χ1v) is 8.26. The highest BCUT2D eigenvalue weighted by Crippen LogP contribution is 2.14. The zero-order valence-electron chi connectivity index (χ0n) is 11.4. The molecule has 0 aliphatic carbocycles. The van der Waals surface area contributed by atoms with Gasteiger partial charge in [-0.25, -0.2) is 0 Å². The molecule has 0 heterocycles. The zero-order valence-corrected chi connectivity index (χ0v) is 12.2. The number of hydrogen-bond donors (Lipinski definition) is 0. The molecule has 0 saturated heterocycles. The number of aryl methyl sites for hydroxylation is 1. The first-order valence-electron chi connectivity index (χ1n) is 7.11. The first-order chi connectivity index (χ1) is 9.45. The third-order valence-electron chi connectivity index (χ3n) is 3.21. The van der Waals surface area contributed by atoms with Crippen molar-refractivity contribution in [3.05, 3.63) is 71.8 Å². The van der Waals surface area contributed by atoms with E-state index in [1.54, 1.807) is 0 Å². The first kappa shape index (κ1) is 14.2. The minimum absolute atomic E-state index is 1.15. The Morgan fingerprint density at radius 3 is 1.95 bits per heavy atom. The fourth-order valence-corrected chi connectivity index (χ4v) is 3.10. The van der Waals surface area contributed by atoms with Crippen LogP contribution in [0.2, 0.25) is 0 Å². The summed E-state index contributed by atoms with van der Waals surface area (Å²) in [5, 5.41) is 0. The lowest BCUT2D eigenvalue weighted by molar-refractivity contribution is 0.722. The van der Waals surface area contributed by atoms with Crippen molar-refractivity contribution in [2.24, 2.45) is 0 Å². The molecule has 0 aliphatic heterocycles. The Labute approximate surface area is 121 Å². The van der Waals surface area contributed by atoms with Gasteiger partial charge in [0, 0.05) is 5.75 Å². The lowest BCUT2D eigenvalue weighted by atomic mass is 10.1. The maximum Gasteiger partial charge on any atom is 0.0184 e. The largest absolute Gasteiger partial charge is 0.157 e. The van der Waals surface area contributed by atoms with Crippen LogP contribution in [0.15, 0.2) is 60.7 Å². The van der Waals surface area contributed by atoms with Gasteiger partial charge in [0.15, 0.2) is 0 Å². The summed E-state index contributed by atoms with van der Waals surface area (Å²) in [6, 6.07) is 21.5. The Balaban J connectivity index is 1.49. The molecule has 0 amide bonds. The minimum Gasteiger partial charge on any atom is -0.157 e. The highest BCUT2D eigenvalue weighted by atomic mass is 32.2. The van der Waals surface area contributed by atoms with Crippen LogP contribution in [-0.2, 0) is 12.2 Å². The molecule has 0 saturated carbocycles. The monoisotopic (exact) mass is 270 g/mol. The number of thioether (sulfide) groups is 1. The van der Waals surface area contributed by atoms with Gasteiger partial charge in [-0.1, -0.05) is 67.1 Å². The number of rotatable bonds is 8. The number of unbranched alkanes of at least 4 members (excludes halogenated alkanes) is 2. The predicted molar refractivity (Wildman–Crippen MR) is 86.6 cm³/mol. The Morgan fingerprint density at radius 2 is 1.26 bits per heavy atom. The van der Waals surface area contributed by atoms with Crippen molar-refractivity contribution in [1.82, 2.24) is 0 Å². The van der Waals surface area contributed by atoms with E-state index in [-0.39, 0.29) is 0 Å². The van der Waals surface area contributed by atoms with E-state index in [0.717, 1.165) is 5.75 Å². The standard InChI is InChI=1S/C18H22S/c1-4-10-17(11-5-1)12-8-3-9-15-19-16-18-13-6-2-7-14-18/h1-2,4-7,10-11,13-14H,3,8-9,12,15-16H2. The van der Waals surface area contributed by atoms with Crippen LogP contribution in [0.4, 0.5) is 0 Å². The van der Waals surface area contributed by atoms with E-state index in [1.165, 1.54) is 42.6 Å². The fourth-order valence-electron chi connectivity index (χ4n) is 2.12. The predicted octanol–water partition coefficient (Wildman–Crippen LogP) is 5.33. The summed E-state index contributed by atoms with van der Waals surface area (Å²) in [6.45, 7) is 0. The second kappa shape index (κ2) is 8.82. The molecule has 0 fully saturated rings. The average molecular weight is 270 g/mol. The quantitative estimate of drug-likeness (QED) is 0.584. The van der Waals surface area contributed by atoms with E-state index in [4.69, 9.17) is 0 Å². The molecule has 100 valence electrons. The Bertz CT molecular complexity index is 392. The van der Waals surface area contributed by atoms with Gasteiger partial charge in [-0.2, -0.15) is 11.8 Å². The van der Waals surface area contributed by atoms with Crippen LogP contribution in [0.3, 0.4) is 0 Å². The molecule has 0 radical (unpaired) electrons. The van der Waals surface area contributed by atoms with Crippen molar-refractivity contribution < 1.29 is 0 Å². The SMILES string of the molecule is c1ccc(CCCCCSCc2ccccc2)cc1. The smallest absolute Gasteiger partial charge is 0.0184 e. The third kappa shape index (κ3) is 5.98. The van der Waals surface area contributed by atoms with E-state index < -0.39 is 0 Å². The second-order valence-electron chi connectivity index (χ2n) is 4.83. The van der Waals surface area contributed by atoms with Crippen LogP contribution < -0.4 is 0 Å². The second-order valence-corrected chi connectivity index (χ2v) is 5.94. The zero-order chi connectivity index (χ0) is 13.2. The summed E-state index contributed by atoms with van der Waals surface area (Å²) in [7, 11) is 0. The van der Waals surface area contributed by atoms with Crippen molar-refractivity contribution >= 4 is 11.8 Å². The van der Waals surface area contributed by atoms with Crippen molar-refractivity contribution in [3.63, 3.8) is 0 Å². The normalized spacial score (nSPS) is 10.5. The van der Waals surface area contributed by atoms with Gasteiger partial charge in [0.05, 0.1) is 0 Å². The molecule has 0 aliphatic rings. The highest BCUT2D eigenvalue weighted by Gasteiger charge is 1.95. The van der Waals surface area contributed by atoms with Gasteiger partial charge in [-0.05, 0) is 36.1 Å². The maximum absolute atomic E-state index is 2.23. The minimum atomic E-state index is 1.15. The van der Waals surface area contributed by atoms with Crippen LogP contribution in [0.1, 0.15) is 30.4 Å². The van der Waals surface area contributed by atoms with Crippen molar-refractivity contribution in [1.29, 1.82) is 0 Å². The van der Waals surface area contributed by atoms with E-state index >= 15 is 0 Å². The molecule has 0 N–H and O–H groups in total. The molecule has 0 spiro atoms. The molecular formula is C18H22S. The van der Waals surface area contributed by atoms with Gasteiger partial charge in [-0.15, -0.1) is 0 Å². The summed E-state index contributed by atoms with van der Waals surface area (Å²) >= 11 is 2.05. The summed E-state index contributed by atoms with van der Waals surface area (Å²) in [6.07, 6.45) is 5.22. The summed E-state index contributed by atoms with van der Waals surface area (Å²) in [4.78, 5) is 0. The molecular weight excluding hydrogens is 248 g/mol. The topological polar surface area (TPSA) is 0 Å². The van der Waals surface area contributed by atoms with E-state index in [1.807, 2.05) is 0 Å². The molecule has 19 heavy (non-hydrogen) atoms. The van der Waals surface area contributed by atoms with E-state index in [2.05, 4.69) is 72.4 Å². The van der Waals surface area contributed by atoms with Gasteiger partial charge in [0.2, 0.25) is 0 Å². The fraction of sp³-hybridized carbons (Fsp3) is 0.333.